The Labute approximate surface area is 124 Å². The Morgan fingerprint density at radius 2 is 2.00 bits per heavy atom. The third kappa shape index (κ3) is 3.23. The molecule has 0 atom stereocenters. The highest BCUT2D eigenvalue weighted by atomic mass is 127. The second kappa shape index (κ2) is 5.56. The first-order valence-corrected chi connectivity index (χ1v) is 6.68. The van der Waals surface area contributed by atoms with Crippen LogP contribution in [-0.2, 0) is 0 Å². The van der Waals surface area contributed by atoms with Crippen molar-refractivity contribution in [2.75, 3.05) is 11.1 Å². The molecule has 0 saturated carbocycles. The van der Waals surface area contributed by atoms with Gasteiger partial charge in [0.1, 0.15) is 5.82 Å². The molecule has 0 saturated heterocycles. The number of hydrogen-bond acceptors (Lipinski definition) is 2. The fraction of sp³-hybridized carbons (Fsp3) is 0.0714. The van der Waals surface area contributed by atoms with Crippen molar-refractivity contribution in [2.45, 2.75) is 6.92 Å². The molecule has 0 spiro atoms. The Morgan fingerprint density at radius 1 is 1.26 bits per heavy atom. The zero-order valence-electron chi connectivity index (χ0n) is 10.2. The number of nitrogens with two attached hydrogens (primary N) is 1. The monoisotopic (exact) mass is 370 g/mol. The van der Waals surface area contributed by atoms with Gasteiger partial charge in [-0.15, -0.1) is 0 Å². The van der Waals surface area contributed by atoms with Gasteiger partial charge < -0.3 is 11.1 Å². The van der Waals surface area contributed by atoms with Crippen LogP contribution in [0.1, 0.15) is 15.9 Å². The lowest BCUT2D eigenvalue weighted by Gasteiger charge is -2.09. The standard InChI is InChI=1S/C14H12FIN2O/c1-8-6-10(16)3-5-13(8)18-14(19)9-2-4-12(17)11(15)7-9/h2-7H,17H2,1H3,(H,18,19). The molecule has 5 heteroatoms. The van der Waals surface area contributed by atoms with E-state index in [2.05, 4.69) is 27.9 Å². The van der Waals surface area contributed by atoms with E-state index >= 15 is 0 Å². The summed E-state index contributed by atoms with van der Waals surface area (Å²) in [5.74, 6) is -0.949. The van der Waals surface area contributed by atoms with Crippen LogP contribution in [0.15, 0.2) is 36.4 Å². The maximum atomic E-state index is 13.3. The summed E-state index contributed by atoms with van der Waals surface area (Å²) >= 11 is 2.20. The van der Waals surface area contributed by atoms with Gasteiger partial charge in [0.25, 0.3) is 5.91 Å². The molecular formula is C14H12FIN2O. The number of carbonyl (C=O) groups is 1. The average molecular weight is 370 g/mol. The normalized spacial score (nSPS) is 10.3. The predicted octanol–water partition coefficient (Wildman–Crippen LogP) is 3.57. The highest BCUT2D eigenvalue weighted by Crippen LogP contribution is 2.19. The summed E-state index contributed by atoms with van der Waals surface area (Å²) < 4.78 is 14.4. The summed E-state index contributed by atoms with van der Waals surface area (Å²) in [6.07, 6.45) is 0. The van der Waals surface area contributed by atoms with E-state index in [1.807, 2.05) is 25.1 Å². The van der Waals surface area contributed by atoms with Crippen LogP contribution in [0.5, 0.6) is 0 Å². The van der Waals surface area contributed by atoms with Crippen LogP contribution in [0.2, 0.25) is 0 Å². The number of rotatable bonds is 2. The maximum absolute atomic E-state index is 13.3. The molecule has 0 radical (unpaired) electrons. The van der Waals surface area contributed by atoms with Crippen molar-refractivity contribution >= 4 is 39.9 Å². The van der Waals surface area contributed by atoms with Crippen molar-refractivity contribution < 1.29 is 9.18 Å². The summed E-state index contributed by atoms with van der Waals surface area (Å²) in [6.45, 7) is 1.90. The van der Waals surface area contributed by atoms with E-state index in [0.29, 0.717) is 5.69 Å². The summed E-state index contributed by atoms with van der Waals surface area (Å²) in [4.78, 5) is 12.0. The average Bonchev–Trinajstić information content (AvgIpc) is 2.36. The fourth-order valence-corrected chi connectivity index (χ4v) is 2.28. The molecule has 19 heavy (non-hydrogen) atoms. The molecule has 2 aromatic rings. The van der Waals surface area contributed by atoms with Crippen LogP contribution in [-0.4, -0.2) is 5.91 Å². The van der Waals surface area contributed by atoms with E-state index in [4.69, 9.17) is 5.73 Å². The molecule has 0 heterocycles. The summed E-state index contributed by atoms with van der Waals surface area (Å²) in [6, 6.07) is 9.68. The molecule has 0 aliphatic rings. The Hall–Kier alpha value is -1.63. The maximum Gasteiger partial charge on any atom is 0.255 e. The Balaban J connectivity index is 2.23. The van der Waals surface area contributed by atoms with Crippen LogP contribution in [0.3, 0.4) is 0 Å². The number of amides is 1. The highest BCUT2D eigenvalue weighted by Gasteiger charge is 2.10. The minimum atomic E-state index is -0.591. The van der Waals surface area contributed by atoms with Crippen molar-refractivity contribution in [1.29, 1.82) is 0 Å². The largest absolute Gasteiger partial charge is 0.396 e. The molecule has 2 aromatic carbocycles. The predicted molar refractivity (Wildman–Crippen MR) is 82.7 cm³/mol. The van der Waals surface area contributed by atoms with Crippen molar-refractivity contribution in [3.05, 3.63) is 56.9 Å². The van der Waals surface area contributed by atoms with Crippen LogP contribution >= 0.6 is 22.6 Å². The van der Waals surface area contributed by atoms with E-state index in [0.717, 1.165) is 15.2 Å². The Morgan fingerprint density at radius 3 is 2.63 bits per heavy atom. The van der Waals surface area contributed by atoms with Gasteiger partial charge in [-0.05, 0) is 71.5 Å². The Kier molecular flexibility index (Phi) is 4.04. The molecule has 0 aromatic heterocycles. The molecule has 0 bridgehead atoms. The van der Waals surface area contributed by atoms with Gasteiger partial charge >= 0.3 is 0 Å². The van der Waals surface area contributed by atoms with Crippen molar-refractivity contribution in [3.63, 3.8) is 0 Å². The van der Waals surface area contributed by atoms with Crippen molar-refractivity contribution in [2.24, 2.45) is 0 Å². The second-order valence-electron chi connectivity index (χ2n) is 4.15. The topological polar surface area (TPSA) is 55.1 Å². The number of anilines is 2. The first kappa shape index (κ1) is 13.8. The van der Waals surface area contributed by atoms with Crippen LogP contribution in [0, 0.1) is 16.3 Å². The molecule has 3 nitrogen and oxygen atoms in total. The lowest BCUT2D eigenvalue weighted by molar-refractivity contribution is 0.102. The van der Waals surface area contributed by atoms with E-state index < -0.39 is 5.82 Å². The smallest absolute Gasteiger partial charge is 0.255 e. The van der Waals surface area contributed by atoms with Crippen LogP contribution in [0.4, 0.5) is 15.8 Å². The number of hydrogen-bond donors (Lipinski definition) is 2. The molecule has 1 amide bonds. The minimum Gasteiger partial charge on any atom is -0.396 e. The van der Waals surface area contributed by atoms with Crippen LogP contribution < -0.4 is 11.1 Å². The van der Waals surface area contributed by atoms with E-state index in [1.54, 1.807) is 0 Å². The molecule has 3 N–H and O–H groups in total. The second-order valence-corrected chi connectivity index (χ2v) is 5.40. The Bertz CT molecular complexity index is 643. The lowest BCUT2D eigenvalue weighted by Crippen LogP contribution is -2.13. The molecular weight excluding hydrogens is 358 g/mol. The van der Waals surface area contributed by atoms with E-state index in [9.17, 15) is 9.18 Å². The number of nitrogen functional groups attached to an aromatic ring is 1. The van der Waals surface area contributed by atoms with Gasteiger partial charge in [0, 0.05) is 14.8 Å². The van der Waals surface area contributed by atoms with Crippen molar-refractivity contribution in [3.8, 4) is 0 Å². The third-order valence-corrected chi connectivity index (χ3v) is 3.37. The zero-order chi connectivity index (χ0) is 14.0. The number of nitrogens with one attached hydrogen (secondary N) is 1. The van der Waals surface area contributed by atoms with Gasteiger partial charge in [0.05, 0.1) is 5.69 Å². The van der Waals surface area contributed by atoms with Gasteiger partial charge in [-0.2, -0.15) is 0 Å². The van der Waals surface area contributed by atoms with Gasteiger partial charge in [-0.3, -0.25) is 4.79 Å². The molecule has 0 aliphatic heterocycles. The summed E-state index contributed by atoms with van der Waals surface area (Å²) in [5, 5.41) is 2.75. The van der Waals surface area contributed by atoms with Crippen LogP contribution in [0.25, 0.3) is 0 Å². The van der Waals surface area contributed by atoms with E-state index in [-0.39, 0.29) is 17.2 Å². The third-order valence-electron chi connectivity index (χ3n) is 2.70. The first-order valence-electron chi connectivity index (χ1n) is 5.60. The quantitative estimate of drug-likeness (QED) is 0.627. The molecule has 0 fully saturated rings. The minimum absolute atomic E-state index is 0.0296. The molecule has 98 valence electrons. The summed E-state index contributed by atoms with van der Waals surface area (Å²) in [5.41, 5.74) is 7.31. The molecule has 0 aliphatic carbocycles. The summed E-state index contributed by atoms with van der Waals surface area (Å²) in [7, 11) is 0. The lowest BCUT2D eigenvalue weighted by atomic mass is 10.1. The van der Waals surface area contributed by atoms with Crippen molar-refractivity contribution in [1.82, 2.24) is 0 Å². The number of benzene rings is 2. The fourth-order valence-electron chi connectivity index (χ4n) is 1.63. The van der Waals surface area contributed by atoms with Gasteiger partial charge in [-0.1, -0.05) is 0 Å². The van der Waals surface area contributed by atoms with Gasteiger partial charge in [0.15, 0.2) is 0 Å². The molecule has 2 rings (SSSR count). The first-order chi connectivity index (χ1) is 8.97. The number of aryl methyl sites for hydroxylation is 1. The zero-order valence-corrected chi connectivity index (χ0v) is 12.4. The molecule has 0 unspecified atom stereocenters. The highest BCUT2D eigenvalue weighted by molar-refractivity contribution is 14.1. The number of halogens is 2. The van der Waals surface area contributed by atoms with E-state index in [1.165, 1.54) is 12.1 Å². The SMILES string of the molecule is Cc1cc(I)ccc1NC(=O)c1ccc(N)c(F)c1. The number of carbonyl (C=O) groups excluding carboxylic acids is 1. The van der Waals surface area contributed by atoms with Gasteiger partial charge in [0.2, 0.25) is 0 Å². The van der Waals surface area contributed by atoms with Gasteiger partial charge in [-0.25, -0.2) is 4.39 Å².